The molecule has 9 rings (SSSR count). The Labute approximate surface area is 572 Å². The summed E-state index contributed by atoms with van der Waals surface area (Å²) in [5.74, 6) is -7.29. The highest BCUT2D eigenvalue weighted by atomic mass is 32.2. The van der Waals surface area contributed by atoms with Crippen molar-refractivity contribution < 1.29 is 123 Å². The SMILES string of the molecule is O=C(O)C1CC(NC2NC(NCCO)NC(NC3CC(S(=O)(=O)O)CC4CC(S(=O)(=O)O)C(N=NC5CCC(COO)C(COO)C5)C(O)C43)N2)CCC1NC1NC(NCCO)NC(NC2CC(S(=O)(=O)O)CC3CC(S(=O)(=O)O)C(N=NC4CCC(COO)C(COO)C4)C(O)C32)N1. The second-order valence-electron chi connectivity index (χ2n) is 27.9. The second kappa shape index (κ2) is 35.6. The zero-order chi connectivity index (χ0) is 71.7. The normalized spacial score (nSPS) is 42.2. The maximum Gasteiger partial charge on any atom is 0.308 e. The Morgan fingerprint density at radius 2 is 0.798 bits per heavy atom. The first kappa shape index (κ1) is 80.4. The van der Waals surface area contributed by atoms with Crippen LogP contribution in [0.2, 0.25) is 0 Å². The molecule has 0 radical (unpaired) electrons. The molecule has 0 aromatic heterocycles. The summed E-state index contributed by atoms with van der Waals surface area (Å²) in [7, 11) is -19.6. The molecule has 0 aromatic rings. The average molecular weight is 1510 g/mol. The van der Waals surface area contributed by atoms with Crippen molar-refractivity contribution in [3.8, 4) is 0 Å². The van der Waals surface area contributed by atoms with Gasteiger partial charge in [-0.25, -0.2) is 19.6 Å². The molecule has 46 heteroatoms. The van der Waals surface area contributed by atoms with E-state index in [9.17, 15) is 92.7 Å². The molecule has 2 heterocycles. The van der Waals surface area contributed by atoms with E-state index in [1.807, 2.05) is 0 Å². The summed E-state index contributed by atoms with van der Waals surface area (Å²) in [6, 6.07) is -7.64. The third kappa shape index (κ3) is 21.1. The molecule has 0 aromatic carbocycles. The topological polar surface area (TPSA) is 647 Å². The standard InChI is InChI=1S/C53H100N16O26S4/c70-9-7-54-48-60-50(64-52(62-48)58-37-18-33(96(80,81)82)13-26-15-39(98(86,87)88)43(45(72)41(26)37)68-66-31-3-1-24(20-92-76)28(11-31)22-94-78)56-30-5-6-36(35(17-30)47(74)75)57-51-61-49(55-8-10-71)63-53(65-51)59-38-19-34(97(83,84)85)14-27-16-40(99(89,90)91)44(46(73)42(27)38)69-67-32-4-2-25(21-93-77)29(12-32)23-95-79/h24-46,48-65,70-73,76-79H,1-23H2,(H,74,75)(H,80,81,82)(H,83,84,85)(H,86,87,88)(H,89,90,91). The van der Waals surface area contributed by atoms with Crippen molar-refractivity contribution in [2.45, 2.75) is 216 Å². The first-order valence-electron chi connectivity index (χ1n) is 33.5. The van der Waals surface area contributed by atoms with E-state index in [-0.39, 0.29) is 134 Å². The number of carbonyl (C=O) groups is 1. The largest absolute Gasteiger partial charge is 0.481 e. The summed E-state index contributed by atoms with van der Waals surface area (Å²) in [6.07, 6.45) is -8.17. The minimum atomic E-state index is -4.99. The summed E-state index contributed by atoms with van der Waals surface area (Å²) in [5, 5.41) is 142. The highest BCUT2D eigenvalue weighted by molar-refractivity contribution is 7.87. The van der Waals surface area contributed by atoms with Gasteiger partial charge in [0.05, 0.1) is 80.4 Å². The molecule has 99 heavy (non-hydrogen) atoms. The van der Waals surface area contributed by atoms with E-state index in [0.717, 1.165) is 0 Å². The Balaban J connectivity index is 0.887. The molecule has 7 aliphatic carbocycles. The van der Waals surface area contributed by atoms with Gasteiger partial charge in [0.2, 0.25) is 0 Å². The van der Waals surface area contributed by atoms with E-state index >= 15 is 0 Å². The summed E-state index contributed by atoms with van der Waals surface area (Å²) in [6.45, 7) is -0.931. The van der Waals surface area contributed by atoms with E-state index < -0.39 is 202 Å². The Hall–Kier alpha value is -2.65. The van der Waals surface area contributed by atoms with Gasteiger partial charge in [-0.3, -0.25) is 108 Å². The molecule has 0 amide bonds. The van der Waals surface area contributed by atoms with Gasteiger partial charge < -0.3 is 25.5 Å². The van der Waals surface area contributed by atoms with Crippen LogP contribution in [0.5, 0.6) is 0 Å². The molecule has 2 aliphatic heterocycles. The Bertz CT molecular complexity index is 3140. The fraction of sp³-hybridized carbons (Fsp3) is 0.981. The highest BCUT2D eigenvalue weighted by Gasteiger charge is 2.58. The lowest BCUT2D eigenvalue weighted by Crippen LogP contribution is -2.80. The van der Waals surface area contributed by atoms with Crippen LogP contribution in [0.4, 0.5) is 0 Å². The van der Waals surface area contributed by atoms with Gasteiger partial charge in [-0.05, 0) is 132 Å². The summed E-state index contributed by atoms with van der Waals surface area (Å²) < 4.78 is 146. The molecule has 7 saturated carbocycles. The Kier molecular flexibility index (Phi) is 29.0. The molecule has 29 atom stereocenters. The van der Waals surface area contributed by atoms with Crippen molar-refractivity contribution in [1.29, 1.82) is 0 Å². The minimum absolute atomic E-state index is 0.0144. The van der Waals surface area contributed by atoms with Crippen molar-refractivity contribution in [3.63, 3.8) is 0 Å². The van der Waals surface area contributed by atoms with Crippen LogP contribution >= 0.6 is 0 Å². The van der Waals surface area contributed by atoms with E-state index in [1.165, 1.54) is 0 Å². The zero-order valence-electron chi connectivity index (χ0n) is 54.0. The van der Waals surface area contributed by atoms with Crippen LogP contribution in [0.25, 0.3) is 0 Å². The second-order valence-corrected chi connectivity index (χ2v) is 34.6. The van der Waals surface area contributed by atoms with Crippen molar-refractivity contribution in [1.82, 2.24) is 63.8 Å². The van der Waals surface area contributed by atoms with Crippen LogP contribution in [0.3, 0.4) is 0 Å². The number of hydrogen-bond acceptors (Lipinski definition) is 37. The van der Waals surface area contributed by atoms with Gasteiger partial charge >= 0.3 is 5.97 Å². The summed E-state index contributed by atoms with van der Waals surface area (Å²) in [5.41, 5.74) is 0. The first-order valence-corrected chi connectivity index (χ1v) is 39.5. The van der Waals surface area contributed by atoms with Crippen molar-refractivity contribution in [2.24, 2.45) is 73.7 Å². The molecule has 29 unspecified atom stereocenters. The number of rotatable bonds is 31. The third-order valence-electron chi connectivity index (χ3n) is 21.8. The van der Waals surface area contributed by atoms with Gasteiger partial charge in [0.1, 0.15) is 60.3 Å². The van der Waals surface area contributed by atoms with Crippen LogP contribution in [0.15, 0.2) is 20.5 Å². The van der Waals surface area contributed by atoms with Crippen LogP contribution in [0, 0.1) is 53.3 Å². The minimum Gasteiger partial charge on any atom is -0.481 e. The maximum absolute atomic E-state index is 13.3. The summed E-state index contributed by atoms with van der Waals surface area (Å²) >= 11 is 0. The van der Waals surface area contributed by atoms with E-state index in [4.69, 9.17) is 10.5 Å². The van der Waals surface area contributed by atoms with Crippen LogP contribution in [-0.2, 0) is 64.8 Å². The predicted octanol–water partition coefficient (Wildman–Crippen LogP) is -5.09. The molecule has 25 N–H and O–H groups in total. The molecule has 9 fully saturated rings. The zero-order valence-corrected chi connectivity index (χ0v) is 57.3. The molecule has 9 aliphatic rings. The number of nitrogens with one attached hydrogen (secondary N) is 12. The number of aliphatic hydroxyl groups excluding tert-OH is 4. The molecular formula is C53H100N16O26S4. The number of carboxylic acid groups (broad SMARTS) is 1. The molecule has 0 spiro atoms. The number of nitrogens with zero attached hydrogens (tertiary/aromatic N) is 4. The number of hydrogen-bond donors (Lipinski definition) is 25. The van der Waals surface area contributed by atoms with Crippen molar-refractivity contribution in [2.75, 3.05) is 52.7 Å². The number of azo groups is 2. The maximum atomic E-state index is 13.3. The smallest absolute Gasteiger partial charge is 0.308 e. The fourth-order valence-corrected chi connectivity index (χ4v) is 21.1. The van der Waals surface area contributed by atoms with Gasteiger partial charge in [-0.15, -0.1) is 0 Å². The number of carboxylic acids is 1. The quantitative estimate of drug-likeness (QED) is 0.0134. The fourth-order valence-electron chi connectivity index (χ4n) is 17.1. The molecule has 0 bridgehead atoms. The molecular weight excluding hydrogens is 1400 g/mol. The lowest BCUT2D eigenvalue weighted by Gasteiger charge is -2.51. The van der Waals surface area contributed by atoms with E-state index in [1.54, 1.807) is 0 Å². The van der Waals surface area contributed by atoms with Gasteiger partial charge in [0, 0.05) is 49.1 Å². The van der Waals surface area contributed by atoms with Crippen molar-refractivity contribution in [3.05, 3.63) is 0 Å². The molecule has 572 valence electrons. The van der Waals surface area contributed by atoms with Gasteiger partial charge in [-0.2, -0.15) is 54.1 Å². The monoisotopic (exact) mass is 1500 g/mol. The summed E-state index contributed by atoms with van der Waals surface area (Å²) in [4.78, 5) is 30.8. The Morgan fingerprint density at radius 3 is 1.16 bits per heavy atom. The number of aliphatic carboxylic acids is 1. The average Bonchev–Trinajstić information content (AvgIpc) is 0.753. The first-order chi connectivity index (χ1) is 46.9. The molecule has 2 saturated heterocycles. The van der Waals surface area contributed by atoms with Gasteiger partial charge in [0.25, 0.3) is 40.5 Å². The highest BCUT2D eigenvalue weighted by Crippen LogP contribution is 2.48. The van der Waals surface area contributed by atoms with Crippen LogP contribution in [-0.4, -0.2) is 276 Å². The van der Waals surface area contributed by atoms with Crippen molar-refractivity contribution >= 4 is 46.4 Å². The number of fused-ring (bicyclic) bond motifs is 2. The Morgan fingerprint density at radius 1 is 0.424 bits per heavy atom. The lowest BCUT2D eigenvalue weighted by molar-refractivity contribution is -0.274. The number of aliphatic hydroxyl groups is 4. The predicted molar refractivity (Wildman–Crippen MR) is 340 cm³/mol. The lowest BCUT2D eigenvalue weighted by atomic mass is 9.65. The van der Waals surface area contributed by atoms with E-state index in [2.05, 4.69) is 104 Å². The van der Waals surface area contributed by atoms with Crippen LogP contribution in [0.1, 0.15) is 96.3 Å². The van der Waals surface area contributed by atoms with E-state index in [0.29, 0.717) is 32.1 Å². The van der Waals surface area contributed by atoms with Crippen LogP contribution < -0.4 is 63.8 Å². The van der Waals surface area contributed by atoms with Gasteiger partial charge in [-0.1, -0.05) is 0 Å². The third-order valence-corrected chi connectivity index (χ3v) is 26.8. The van der Waals surface area contributed by atoms with Gasteiger partial charge in [0.15, 0.2) is 0 Å². The molecule has 42 nitrogen and oxygen atoms in total.